The predicted octanol–water partition coefficient (Wildman–Crippen LogP) is 0.212. The standard InChI is InChI=1S/C19H24N6O2/c1-24(2)18-14-5-8-25(19(27)15-9-13(26)10-21-15)11-16(14)22-17(23-18)12-3-6-20-7-4-12/h3-4,6-7,13,15,21,26H,5,8-11H2,1-2H3/t13-,15+/m1/s1. The fourth-order valence-corrected chi connectivity index (χ4v) is 3.72. The predicted molar refractivity (Wildman–Crippen MR) is 101 cm³/mol. The van der Waals surface area contributed by atoms with Crippen molar-refractivity contribution in [2.24, 2.45) is 0 Å². The number of carbonyl (C=O) groups is 1. The fraction of sp³-hybridized carbons (Fsp3) is 0.474. The van der Waals surface area contributed by atoms with Crippen LogP contribution in [-0.4, -0.2) is 70.2 Å². The number of amides is 1. The van der Waals surface area contributed by atoms with Crippen LogP contribution < -0.4 is 10.2 Å². The highest BCUT2D eigenvalue weighted by molar-refractivity contribution is 5.82. The van der Waals surface area contributed by atoms with Crippen LogP contribution in [0, 0.1) is 0 Å². The van der Waals surface area contributed by atoms with Crippen molar-refractivity contribution in [3.63, 3.8) is 0 Å². The van der Waals surface area contributed by atoms with Crippen LogP contribution in [0.5, 0.6) is 0 Å². The van der Waals surface area contributed by atoms with Crippen molar-refractivity contribution in [2.75, 3.05) is 32.1 Å². The number of aliphatic hydroxyl groups is 1. The zero-order valence-electron chi connectivity index (χ0n) is 15.6. The van der Waals surface area contributed by atoms with Gasteiger partial charge in [-0.05, 0) is 25.0 Å². The maximum atomic E-state index is 12.8. The van der Waals surface area contributed by atoms with Crippen LogP contribution >= 0.6 is 0 Å². The number of nitrogens with one attached hydrogen (secondary N) is 1. The number of aliphatic hydroxyl groups excluding tert-OH is 1. The number of hydrogen-bond acceptors (Lipinski definition) is 7. The van der Waals surface area contributed by atoms with Gasteiger partial charge in [-0.25, -0.2) is 9.97 Å². The van der Waals surface area contributed by atoms with E-state index in [9.17, 15) is 9.90 Å². The van der Waals surface area contributed by atoms with E-state index < -0.39 is 6.10 Å². The van der Waals surface area contributed by atoms with Gasteiger partial charge in [-0.3, -0.25) is 9.78 Å². The van der Waals surface area contributed by atoms with Crippen LogP contribution in [0.25, 0.3) is 11.4 Å². The summed E-state index contributed by atoms with van der Waals surface area (Å²) in [5.41, 5.74) is 2.89. The molecule has 2 aliphatic rings. The van der Waals surface area contributed by atoms with E-state index in [1.165, 1.54) is 0 Å². The molecular formula is C19H24N6O2. The molecule has 0 radical (unpaired) electrons. The number of rotatable bonds is 3. The first-order valence-electron chi connectivity index (χ1n) is 9.20. The Morgan fingerprint density at radius 3 is 2.74 bits per heavy atom. The van der Waals surface area contributed by atoms with Gasteiger partial charge in [0.25, 0.3) is 0 Å². The van der Waals surface area contributed by atoms with E-state index in [0.29, 0.717) is 31.9 Å². The molecule has 27 heavy (non-hydrogen) atoms. The molecule has 2 aromatic heterocycles. The van der Waals surface area contributed by atoms with Gasteiger partial charge in [0, 0.05) is 50.7 Å². The molecule has 0 aliphatic carbocycles. The highest BCUT2D eigenvalue weighted by Crippen LogP contribution is 2.29. The number of fused-ring (bicyclic) bond motifs is 1. The lowest BCUT2D eigenvalue weighted by molar-refractivity contribution is -0.134. The largest absolute Gasteiger partial charge is 0.392 e. The third-order valence-electron chi connectivity index (χ3n) is 5.12. The molecule has 1 saturated heterocycles. The SMILES string of the molecule is CN(C)c1nc(-c2ccncc2)nc2c1CCN(C(=O)[C@@H]1C[C@@H](O)CN1)C2. The Morgan fingerprint density at radius 1 is 1.30 bits per heavy atom. The lowest BCUT2D eigenvalue weighted by Crippen LogP contribution is -2.46. The summed E-state index contributed by atoms with van der Waals surface area (Å²) >= 11 is 0. The smallest absolute Gasteiger partial charge is 0.240 e. The van der Waals surface area contributed by atoms with E-state index in [0.717, 1.165) is 29.1 Å². The number of carbonyl (C=O) groups excluding carboxylic acids is 1. The number of anilines is 1. The van der Waals surface area contributed by atoms with Crippen LogP contribution in [-0.2, 0) is 17.8 Å². The van der Waals surface area contributed by atoms with Gasteiger partial charge in [0.05, 0.1) is 24.4 Å². The van der Waals surface area contributed by atoms with Gasteiger partial charge in [0.1, 0.15) is 5.82 Å². The van der Waals surface area contributed by atoms with Crippen molar-refractivity contribution in [3.05, 3.63) is 35.8 Å². The summed E-state index contributed by atoms with van der Waals surface area (Å²) in [6, 6.07) is 3.46. The van der Waals surface area contributed by atoms with Crippen molar-refractivity contribution < 1.29 is 9.90 Å². The lowest BCUT2D eigenvalue weighted by Gasteiger charge is -2.32. The molecule has 0 bridgehead atoms. The monoisotopic (exact) mass is 368 g/mol. The van der Waals surface area contributed by atoms with Gasteiger partial charge in [-0.15, -0.1) is 0 Å². The Kier molecular flexibility index (Phi) is 4.75. The second kappa shape index (κ2) is 7.21. The molecule has 0 unspecified atom stereocenters. The van der Waals surface area contributed by atoms with Gasteiger partial charge in [0.15, 0.2) is 5.82 Å². The van der Waals surface area contributed by atoms with Crippen molar-refractivity contribution in [1.82, 2.24) is 25.2 Å². The van der Waals surface area contributed by atoms with E-state index in [4.69, 9.17) is 9.97 Å². The third kappa shape index (κ3) is 3.50. The normalized spacial score (nSPS) is 21.8. The van der Waals surface area contributed by atoms with Crippen LogP contribution in [0.2, 0.25) is 0 Å². The highest BCUT2D eigenvalue weighted by Gasteiger charge is 2.34. The van der Waals surface area contributed by atoms with Crippen molar-refractivity contribution >= 4 is 11.7 Å². The molecule has 0 aromatic carbocycles. The molecule has 1 amide bonds. The molecule has 0 saturated carbocycles. The quantitative estimate of drug-likeness (QED) is 0.800. The molecule has 2 N–H and O–H groups in total. The van der Waals surface area contributed by atoms with E-state index >= 15 is 0 Å². The average molecular weight is 368 g/mol. The van der Waals surface area contributed by atoms with E-state index in [1.807, 2.05) is 36.0 Å². The summed E-state index contributed by atoms with van der Waals surface area (Å²) in [6.45, 7) is 1.57. The number of pyridine rings is 1. The lowest BCUT2D eigenvalue weighted by atomic mass is 10.0. The number of β-amino-alcohol motifs (C(OH)–C–C–N with tert-alkyl or cyclic N) is 1. The number of nitrogens with zero attached hydrogens (tertiary/aromatic N) is 5. The molecule has 4 heterocycles. The van der Waals surface area contributed by atoms with Gasteiger partial charge in [0.2, 0.25) is 5.91 Å². The molecule has 8 heteroatoms. The van der Waals surface area contributed by atoms with Crippen LogP contribution in [0.1, 0.15) is 17.7 Å². The molecule has 8 nitrogen and oxygen atoms in total. The fourth-order valence-electron chi connectivity index (χ4n) is 3.72. The first-order valence-corrected chi connectivity index (χ1v) is 9.20. The number of aromatic nitrogens is 3. The average Bonchev–Trinajstić information content (AvgIpc) is 3.13. The molecule has 0 spiro atoms. The molecule has 4 rings (SSSR count). The summed E-state index contributed by atoms with van der Waals surface area (Å²) in [6.07, 6.45) is 4.19. The van der Waals surface area contributed by atoms with E-state index in [-0.39, 0.29) is 11.9 Å². The first kappa shape index (κ1) is 17.8. The summed E-state index contributed by atoms with van der Waals surface area (Å²) < 4.78 is 0. The molecule has 2 aromatic rings. The van der Waals surface area contributed by atoms with E-state index in [1.54, 1.807) is 12.4 Å². The minimum absolute atomic E-state index is 0.0349. The molecule has 2 atom stereocenters. The summed E-state index contributed by atoms with van der Waals surface area (Å²) in [7, 11) is 3.95. The summed E-state index contributed by atoms with van der Waals surface area (Å²) in [5, 5.41) is 12.8. The topological polar surface area (TPSA) is 94.5 Å². The van der Waals surface area contributed by atoms with Crippen molar-refractivity contribution in [2.45, 2.75) is 31.5 Å². The zero-order chi connectivity index (χ0) is 19.0. The minimum Gasteiger partial charge on any atom is -0.392 e. The Labute approximate surface area is 158 Å². The zero-order valence-corrected chi connectivity index (χ0v) is 15.6. The summed E-state index contributed by atoms with van der Waals surface area (Å²) in [4.78, 5) is 30.2. The highest BCUT2D eigenvalue weighted by atomic mass is 16.3. The second-order valence-electron chi connectivity index (χ2n) is 7.29. The van der Waals surface area contributed by atoms with Gasteiger partial charge < -0.3 is 20.2 Å². The van der Waals surface area contributed by atoms with Gasteiger partial charge in [-0.2, -0.15) is 0 Å². The maximum Gasteiger partial charge on any atom is 0.240 e. The maximum absolute atomic E-state index is 12.8. The van der Waals surface area contributed by atoms with Gasteiger partial charge in [-0.1, -0.05) is 0 Å². The Bertz CT molecular complexity index is 842. The van der Waals surface area contributed by atoms with Crippen molar-refractivity contribution in [1.29, 1.82) is 0 Å². The minimum atomic E-state index is -0.447. The molecule has 2 aliphatic heterocycles. The molecular weight excluding hydrogens is 344 g/mol. The Morgan fingerprint density at radius 2 is 2.07 bits per heavy atom. The summed E-state index contributed by atoms with van der Waals surface area (Å²) in [5.74, 6) is 1.57. The van der Waals surface area contributed by atoms with Crippen LogP contribution in [0.15, 0.2) is 24.5 Å². The van der Waals surface area contributed by atoms with Gasteiger partial charge >= 0.3 is 0 Å². The molecule has 1 fully saturated rings. The van der Waals surface area contributed by atoms with Crippen molar-refractivity contribution in [3.8, 4) is 11.4 Å². The van der Waals surface area contributed by atoms with Crippen LogP contribution in [0.4, 0.5) is 5.82 Å². The number of hydrogen-bond donors (Lipinski definition) is 2. The van der Waals surface area contributed by atoms with E-state index in [2.05, 4.69) is 10.3 Å². The first-order chi connectivity index (χ1) is 13.0. The third-order valence-corrected chi connectivity index (χ3v) is 5.12. The second-order valence-corrected chi connectivity index (χ2v) is 7.29. The Balaban J connectivity index is 1.65. The molecule has 142 valence electrons. The van der Waals surface area contributed by atoms with Crippen LogP contribution in [0.3, 0.4) is 0 Å². The Hall–Kier alpha value is -2.58.